The summed E-state index contributed by atoms with van der Waals surface area (Å²) < 4.78 is 19.0. The molecule has 3 aromatic rings. The lowest BCUT2D eigenvalue weighted by Gasteiger charge is -2.30. The number of primary amides is 1. The molecule has 0 aliphatic heterocycles. The largest absolute Gasteiger partial charge is 0.438 e. The maximum atomic E-state index is 13.2. The number of rotatable bonds is 7. The standard InChI is InChI=1S/C25H29FN6O2.ClH/c1-15-14-29-25(31-23(15)32(2)3)30-18-8-4-16(5-9-18)20-12-13-28-24(21(20)22(27)33)34-19-10-6-17(26)7-11-19;/h6-7,10-14,16,18H,4-5,8-9H2,1-3H3,(H2,27,33)(H,29,30,31);1H. The Morgan fingerprint density at radius 3 is 2.43 bits per heavy atom. The van der Waals surface area contributed by atoms with Crippen LogP contribution < -0.4 is 20.7 Å². The Morgan fingerprint density at radius 2 is 1.80 bits per heavy atom. The molecule has 1 fully saturated rings. The number of ether oxygens (including phenoxy) is 1. The average molecular weight is 501 g/mol. The van der Waals surface area contributed by atoms with Crippen molar-refractivity contribution in [1.29, 1.82) is 0 Å². The Labute approximate surface area is 210 Å². The molecule has 186 valence electrons. The number of nitrogens with one attached hydrogen (secondary N) is 1. The van der Waals surface area contributed by atoms with Crippen molar-refractivity contribution in [2.75, 3.05) is 24.3 Å². The van der Waals surface area contributed by atoms with Gasteiger partial charge in [-0.3, -0.25) is 4.79 Å². The van der Waals surface area contributed by atoms with Crippen LogP contribution in [0.3, 0.4) is 0 Å². The van der Waals surface area contributed by atoms with Crippen LogP contribution in [-0.4, -0.2) is 41.0 Å². The van der Waals surface area contributed by atoms with Crippen molar-refractivity contribution in [3.63, 3.8) is 0 Å². The lowest BCUT2D eigenvalue weighted by atomic mass is 9.80. The van der Waals surface area contributed by atoms with Gasteiger partial charge in [-0.2, -0.15) is 4.98 Å². The zero-order valence-electron chi connectivity index (χ0n) is 20.0. The van der Waals surface area contributed by atoms with E-state index in [-0.39, 0.29) is 41.6 Å². The number of pyridine rings is 1. The van der Waals surface area contributed by atoms with Crippen LogP contribution >= 0.6 is 12.4 Å². The van der Waals surface area contributed by atoms with Crippen LogP contribution in [0.2, 0.25) is 0 Å². The van der Waals surface area contributed by atoms with Crippen molar-refractivity contribution >= 4 is 30.1 Å². The second kappa shape index (κ2) is 11.3. The number of carbonyl (C=O) groups excluding carboxylic acids is 1. The number of amides is 1. The molecule has 3 N–H and O–H groups in total. The van der Waals surface area contributed by atoms with E-state index in [1.807, 2.05) is 38.2 Å². The molecule has 0 atom stereocenters. The average Bonchev–Trinajstić information content (AvgIpc) is 2.82. The summed E-state index contributed by atoms with van der Waals surface area (Å²) in [7, 11) is 3.92. The molecule has 1 saturated carbocycles. The van der Waals surface area contributed by atoms with Crippen molar-refractivity contribution in [2.45, 2.75) is 44.6 Å². The van der Waals surface area contributed by atoms with Crippen molar-refractivity contribution in [2.24, 2.45) is 5.73 Å². The molecule has 4 rings (SSSR count). The van der Waals surface area contributed by atoms with E-state index < -0.39 is 5.91 Å². The smallest absolute Gasteiger partial charge is 0.254 e. The van der Waals surface area contributed by atoms with Crippen LogP contribution in [0.1, 0.15) is 53.1 Å². The SMILES string of the molecule is Cc1cnc(NC2CCC(c3ccnc(Oc4ccc(F)cc4)c3C(N)=O)CC2)nc1N(C)C.Cl. The summed E-state index contributed by atoms with van der Waals surface area (Å²) in [6.07, 6.45) is 6.97. The molecule has 0 unspecified atom stereocenters. The third kappa shape index (κ3) is 6.16. The van der Waals surface area contributed by atoms with Crippen molar-refractivity contribution < 1.29 is 13.9 Å². The summed E-state index contributed by atoms with van der Waals surface area (Å²) in [4.78, 5) is 27.6. The Morgan fingerprint density at radius 1 is 1.11 bits per heavy atom. The normalized spacial score (nSPS) is 17.3. The molecular weight excluding hydrogens is 471 g/mol. The van der Waals surface area contributed by atoms with E-state index in [1.54, 1.807) is 6.20 Å². The third-order valence-corrected chi connectivity index (χ3v) is 6.09. The maximum absolute atomic E-state index is 13.2. The number of aromatic nitrogens is 3. The van der Waals surface area contributed by atoms with Crippen molar-refractivity contribution in [1.82, 2.24) is 15.0 Å². The van der Waals surface area contributed by atoms with Gasteiger partial charge in [-0.1, -0.05) is 0 Å². The highest BCUT2D eigenvalue weighted by atomic mass is 35.5. The molecule has 35 heavy (non-hydrogen) atoms. The highest BCUT2D eigenvalue weighted by molar-refractivity contribution is 5.97. The highest BCUT2D eigenvalue weighted by Gasteiger charge is 2.28. The predicted octanol–water partition coefficient (Wildman–Crippen LogP) is 4.84. The first-order valence-electron chi connectivity index (χ1n) is 11.3. The van der Waals surface area contributed by atoms with E-state index >= 15 is 0 Å². The quantitative estimate of drug-likeness (QED) is 0.478. The topological polar surface area (TPSA) is 106 Å². The van der Waals surface area contributed by atoms with Crippen molar-refractivity contribution in [3.05, 3.63) is 65.2 Å². The molecular formula is C25H30ClFN6O2. The van der Waals surface area contributed by atoms with Crippen LogP contribution in [0.15, 0.2) is 42.7 Å². The molecule has 0 bridgehead atoms. The van der Waals surface area contributed by atoms with Crippen LogP contribution in [-0.2, 0) is 0 Å². The van der Waals surface area contributed by atoms with Crippen molar-refractivity contribution in [3.8, 4) is 11.6 Å². The van der Waals surface area contributed by atoms with Gasteiger partial charge >= 0.3 is 0 Å². The fourth-order valence-corrected chi connectivity index (χ4v) is 4.42. The van der Waals surface area contributed by atoms with Gasteiger partial charge in [0.1, 0.15) is 22.9 Å². The van der Waals surface area contributed by atoms with E-state index in [4.69, 9.17) is 10.5 Å². The molecule has 10 heteroatoms. The molecule has 0 spiro atoms. The zero-order valence-corrected chi connectivity index (χ0v) is 20.8. The molecule has 2 aromatic heterocycles. The van der Waals surface area contributed by atoms with Gasteiger partial charge in [-0.05, 0) is 74.4 Å². The van der Waals surface area contributed by atoms with E-state index in [2.05, 4.69) is 20.3 Å². The van der Waals surface area contributed by atoms with E-state index in [0.717, 1.165) is 42.6 Å². The maximum Gasteiger partial charge on any atom is 0.254 e. The molecule has 1 aliphatic rings. The number of nitrogens with zero attached hydrogens (tertiary/aromatic N) is 4. The van der Waals surface area contributed by atoms with Gasteiger partial charge in [0.2, 0.25) is 11.8 Å². The fraction of sp³-hybridized carbons (Fsp3) is 0.360. The number of carbonyl (C=O) groups is 1. The summed E-state index contributed by atoms with van der Waals surface area (Å²) >= 11 is 0. The first-order valence-corrected chi connectivity index (χ1v) is 11.3. The second-order valence-electron chi connectivity index (χ2n) is 8.79. The van der Waals surface area contributed by atoms with Crippen LogP contribution in [0.4, 0.5) is 16.2 Å². The van der Waals surface area contributed by atoms with Crippen LogP contribution in [0.25, 0.3) is 0 Å². The Bertz CT molecular complexity index is 1170. The predicted molar refractivity (Wildman–Crippen MR) is 136 cm³/mol. The van der Waals surface area contributed by atoms with Gasteiger partial charge in [-0.25, -0.2) is 14.4 Å². The molecule has 2 heterocycles. The van der Waals surface area contributed by atoms with Gasteiger partial charge < -0.3 is 20.7 Å². The number of nitrogens with two attached hydrogens (primary N) is 1. The molecule has 1 aliphatic carbocycles. The summed E-state index contributed by atoms with van der Waals surface area (Å²) in [5.74, 6) is 1.22. The molecule has 1 aromatic carbocycles. The lowest BCUT2D eigenvalue weighted by molar-refractivity contribution is 0.0995. The lowest BCUT2D eigenvalue weighted by Crippen LogP contribution is -2.28. The van der Waals surface area contributed by atoms with E-state index in [0.29, 0.717) is 11.7 Å². The first-order chi connectivity index (χ1) is 16.3. The number of aryl methyl sites for hydroxylation is 1. The third-order valence-electron chi connectivity index (χ3n) is 6.09. The second-order valence-corrected chi connectivity index (χ2v) is 8.79. The van der Waals surface area contributed by atoms with Gasteiger partial charge in [0.15, 0.2) is 0 Å². The Kier molecular flexibility index (Phi) is 8.45. The Hall–Kier alpha value is -3.46. The number of hydrogen-bond acceptors (Lipinski definition) is 7. The van der Waals surface area contributed by atoms with E-state index in [1.165, 1.54) is 24.3 Å². The number of halogens is 2. The minimum atomic E-state index is -0.593. The molecule has 1 amide bonds. The number of hydrogen-bond donors (Lipinski definition) is 2. The first kappa shape index (κ1) is 26.2. The Balaban J connectivity index is 0.00000342. The number of benzene rings is 1. The van der Waals surface area contributed by atoms with Gasteiger partial charge in [0, 0.05) is 38.1 Å². The summed E-state index contributed by atoms with van der Waals surface area (Å²) in [5, 5.41) is 3.45. The summed E-state index contributed by atoms with van der Waals surface area (Å²) in [5.41, 5.74) is 7.86. The van der Waals surface area contributed by atoms with Crippen LogP contribution in [0, 0.1) is 12.7 Å². The van der Waals surface area contributed by atoms with Crippen LogP contribution in [0.5, 0.6) is 11.6 Å². The monoisotopic (exact) mass is 500 g/mol. The van der Waals surface area contributed by atoms with E-state index in [9.17, 15) is 9.18 Å². The van der Waals surface area contributed by atoms with Gasteiger partial charge in [0.25, 0.3) is 5.91 Å². The van der Waals surface area contributed by atoms with Gasteiger partial charge in [0.05, 0.1) is 0 Å². The molecule has 0 radical (unpaired) electrons. The minimum absolute atomic E-state index is 0. The van der Waals surface area contributed by atoms with Gasteiger partial charge in [-0.15, -0.1) is 12.4 Å². The molecule has 8 nitrogen and oxygen atoms in total. The fourth-order valence-electron chi connectivity index (χ4n) is 4.42. The molecule has 0 saturated heterocycles. The summed E-state index contributed by atoms with van der Waals surface area (Å²) in [6.45, 7) is 1.99. The number of anilines is 2. The summed E-state index contributed by atoms with van der Waals surface area (Å²) in [6, 6.07) is 7.62. The zero-order chi connectivity index (χ0) is 24.2. The highest BCUT2D eigenvalue weighted by Crippen LogP contribution is 2.38. The minimum Gasteiger partial charge on any atom is -0.438 e.